The summed E-state index contributed by atoms with van der Waals surface area (Å²) in [4.78, 5) is 4.40. The smallest absolute Gasteiger partial charge is 0.227 e. The molecule has 0 amide bonds. The third-order valence-corrected chi connectivity index (χ3v) is 3.35. The van der Waals surface area contributed by atoms with Gasteiger partial charge in [-0.15, -0.1) is 0 Å². The van der Waals surface area contributed by atoms with Gasteiger partial charge in [-0.3, -0.25) is 0 Å². The van der Waals surface area contributed by atoms with Crippen LogP contribution in [-0.4, -0.2) is 10.1 Å². The molecule has 3 aromatic rings. The Morgan fingerprint density at radius 3 is 2.41 bits per heavy atom. The van der Waals surface area contributed by atoms with E-state index >= 15 is 0 Å². The van der Waals surface area contributed by atoms with Crippen molar-refractivity contribution in [3.8, 4) is 22.5 Å². The topological polar surface area (TPSA) is 38.9 Å². The molecule has 0 atom stereocenters. The molecular weight excluding hydrogens is 279 g/mol. The molecule has 0 aliphatic carbocycles. The molecule has 3 rings (SSSR count). The number of nitrogens with zero attached hydrogens (tertiary/aromatic N) is 2. The average Bonchev–Trinajstić information content (AvgIpc) is 2.95. The zero-order valence-corrected chi connectivity index (χ0v) is 12.6. The second-order valence-corrected chi connectivity index (χ2v) is 5.70. The molecule has 1 aromatic heterocycles. The fourth-order valence-electron chi connectivity index (χ4n) is 2.28. The van der Waals surface area contributed by atoms with Crippen LogP contribution in [0.2, 0.25) is 0 Å². The quantitative estimate of drug-likeness (QED) is 0.698. The van der Waals surface area contributed by atoms with Crippen molar-refractivity contribution in [1.29, 1.82) is 0 Å². The minimum Gasteiger partial charge on any atom is -0.339 e. The Kier molecular flexibility index (Phi) is 4.00. The molecule has 0 N–H and O–H groups in total. The molecule has 0 aliphatic rings. The van der Waals surface area contributed by atoms with E-state index < -0.39 is 0 Å². The molecule has 0 saturated carbocycles. The Balaban J connectivity index is 1.83. The van der Waals surface area contributed by atoms with Crippen LogP contribution in [0.1, 0.15) is 19.7 Å². The van der Waals surface area contributed by atoms with Gasteiger partial charge in [0.2, 0.25) is 11.7 Å². The van der Waals surface area contributed by atoms with Crippen molar-refractivity contribution in [3.63, 3.8) is 0 Å². The molecule has 0 aliphatic heterocycles. The molecule has 1 heterocycles. The van der Waals surface area contributed by atoms with Gasteiger partial charge < -0.3 is 4.52 Å². The van der Waals surface area contributed by atoms with Gasteiger partial charge in [0.25, 0.3) is 0 Å². The molecule has 0 saturated heterocycles. The van der Waals surface area contributed by atoms with Gasteiger partial charge in [0.05, 0.1) is 0 Å². The Morgan fingerprint density at radius 1 is 1.00 bits per heavy atom. The van der Waals surface area contributed by atoms with Crippen molar-refractivity contribution >= 4 is 0 Å². The lowest BCUT2D eigenvalue weighted by atomic mass is 10.0. The SMILES string of the molecule is CC(C)Cc1nc(-c2ccc(-c3cccc(F)c3)cc2)no1. The van der Waals surface area contributed by atoms with E-state index in [0.29, 0.717) is 17.6 Å². The maximum absolute atomic E-state index is 13.3. The summed E-state index contributed by atoms with van der Waals surface area (Å²) >= 11 is 0. The lowest BCUT2D eigenvalue weighted by Crippen LogP contribution is -1.93. The monoisotopic (exact) mass is 296 g/mol. The predicted molar refractivity (Wildman–Crippen MR) is 83.7 cm³/mol. The van der Waals surface area contributed by atoms with Crippen LogP contribution >= 0.6 is 0 Å². The molecule has 0 spiro atoms. The van der Waals surface area contributed by atoms with Gasteiger partial charge in [0.1, 0.15) is 5.82 Å². The van der Waals surface area contributed by atoms with Crippen molar-refractivity contribution in [1.82, 2.24) is 10.1 Å². The summed E-state index contributed by atoms with van der Waals surface area (Å²) in [5.41, 5.74) is 2.69. The van der Waals surface area contributed by atoms with E-state index in [-0.39, 0.29) is 5.82 Å². The number of halogens is 1. The van der Waals surface area contributed by atoms with E-state index in [2.05, 4.69) is 24.0 Å². The van der Waals surface area contributed by atoms with Gasteiger partial charge in [0.15, 0.2) is 0 Å². The largest absolute Gasteiger partial charge is 0.339 e. The van der Waals surface area contributed by atoms with E-state index in [4.69, 9.17) is 4.52 Å². The summed E-state index contributed by atoms with van der Waals surface area (Å²) < 4.78 is 18.5. The molecule has 112 valence electrons. The van der Waals surface area contributed by atoms with E-state index in [1.165, 1.54) is 12.1 Å². The second kappa shape index (κ2) is 6.10. The van der Waals surface area contributed by atoms with Crippen molar-refractivity contribution in [2.24, 2.45) is 5.92 Å². The van der Waals surface area contributed by atoms with Crippen molar-refractivity contribution in [3.05, 3.63) is 60.2 Å². The highest BCUT2D eigenvalue weighted by molar-refractivity contribution is 5.67. The highest BCUT2D eigenvalue weighted by Gasteiger charge is 2.10. The lowest BCUT2D eigenvalue weighted by molar-refractivity contribution is 0.363. The molecule has 4 heteroatoms. The van der Waals surface area contributed by atoms with E-state index in [9.17, 15) is 4.39 Å². The summed E-state index contributed by atoms with van der Waals surface area (Å²) in [6.07, 6.45) is 0.772. The molecule has 3 nitrogen and oxygen atoms in total. The first-order valence-electron chi connectivity index (χ1n) is 7.31. The molecule has 2 aromatic carbocycles. The Hall–Kier alpha value is -2.49. The van der Waals surface area contributed by atoms with Crippen molar-refractivity contribution in [2.75, 3.05) is 0 Å². The number of hydrogen-bond acceptors (Lipinski definition) is 3. The predicted octanol–water partition coefficient (Wildman–Crippen LogP) is 4.74. The van der Waals surface area contributed by atoms with Gasteiger partial charge in [-0.1, -0.05) is 55.4 Å². The van der Waals surface area contributed by atoms with E-state index in [0.717, 1.165) is 23.1 Å². The maximum Gasteiger partial charge on any atom is 0.227 e. The first-order valence-corrected chi connectivity index (χ1v) is 7.31. The van der Waals surface area contributed by atoms with E-state index in [1.54, 1.807) is 6.07 Å². The minimum atomic E-state index is -0.238. The van der Waals surface area contributed by atoms with Gasteiger partial charge in [-0.2, -0.15) is 4.98 Å². The third-order valence-electron chi connectivity index (χ3n) is 3.35. The molecule has 0 bridgehead atoms. The van der Waals surface area contributed by atoms with Crippen LogP contribution in [0.3, 0.4) is 0 Å². The standard InChI is InChI=1S/C18H17FN2O/c1-12(2)10-17-20-18(21-22-17)14-8-6-13(7-9-14)15-4-3-5-16(19)11-15/h3-9,11-12H,10H2,1-2H3. The van der Waals surface area contributed by atoms with E-state index in [1.807, 2.05) is 30.3 Å². The van der Waals surface area contributed by atoms with Crippen molar-refractivity contribution < 1.29 is 8.91 Å². The molecule has 22 heavy (non-hydrogen) atoms. The van der Waals surface area contributed by atoms with Crippen LogP contribution in [0.4, 0.5) is 4.39 Å². The average molecular weight is 296 g/mol. The van der Waals surface area contributed by atoms with Crippen molar-refractivity contribution in [2.45, 2.75) is 20.3 Å². The first-order chi connectivity index (χ1) is 10.6. The lowest BCUT2D eigenvalue weighted by Gasteiger charge is -2.02. The first kappa shape index (κ1) is 14.4. The highest BCUT2D eigenvalue weighted by atomic mass is 19.1. The summed E-state index contributed by atoms with van der Waals surface area (Å²) in [5.74, 6) is 1.47. The van der Waals surface area contributed by atoms with Crippen LogP contribution in [0.5, 0.6) is 0 Å². The fourth-order valence-corrected chi connectivity index (χ4v) is 2.28. The van der Waals surface area contributed by atoms with Gasteiger partial charge in [-0.25, -0.2) is 4.39 Å². The van der Waals surface area contributed by atoms with Gasteiger partial charge >= 0.3 is 0 Å². The number of benzene rings is 2. The highest BCUT2D eigenvalue weighted by Crippen LogP contribution is 2.24. The number of rotatable bonds is 4. The summed E-state index contributed by atoms with van der Waals surface area (Å²) in [5, 5.41) is 4.01. The number of hydrogen-bond donors (Lipinski definition) is 0. The third kappa shape index (κ3) is 3.22. The van der Waals surface area contributed by atoms with Crippen LogP contribution < -0.4 is 0 Å². The Labute approximate surface area is 128 Å². The zero-order chi connectivity index (χ0) is 15.5. The van der Waals surface area contributed by atoms with Crippen LogP contribution in [-0.2, 0) is 6.42 Å². The summed E-state index contributed by atoms with van der Waals surface area (Å²) in [7, 11) is 0. The van der Waals surface area contributed by atoms with Gasteiger partial charge in [-0.05, 0) is 29.2 Å². The molecule has 0 fully saturated rings. The minimum absolute atomic E-state index is 0.238. The molecular formula is C18H17FN2O. The fraction of sp³-hybridized carbons (Fsp3) is 0.222. The Morgan fingerprint density at radius 2 is 1.73 bits per heavy atom. The Bertz CT molecular complexity index is 763. The number of aromatic nitrogens is 2. The maximum atomic E-state index is 13.3. The second-order valence-electron chi connectivity index (χ2n) is 5.70. The van der Waals surface area contributed by atoms with Crippen LogP contribution in [0, 0.1) is 11.7 Å². The summed E-state index contributed by atoms with van der Waals surface area (Å²) in [6, 6.07) is 14.3. The molecule has 0 radical (unpaired) electrons. The van der Waals surface area contributed by atoms with Gasteiger partial charge in [0, 0.05) is 12.0 Å². The zero-order valence-electron chi connectivity index (χ0n) is 12.6. The molecule has 0 unspecified atom stereocenters. The van der Waals surface area contributed by atoms with Crippen LogP contribution in [0.15, 0.2) is 53.1 Å². The normalized spacial score (nSPS) is 11.1. The summed E-state index contributed by atoms with van der Waals surface area (Å²) in [6.45, 7) is 4.22. The van der Waals surface area contributed by atoms with Crippen LogP contribution in [0.25, 0.3) is 22.5 Å².